The van der Waals surface area contributed by atoms with Crippen molar-refractivity contribution in [2.75, 3.05) is 7.11 Å². The van der Waals surface area contributed by atoms with Gasteiger partial charge in [-0.1, -0.05) is 23.4 Å². The first kappa shape index (κ1) is 17.6. The fourth-order valence-electron chi connectivity index (χ4n) is 1.88. The van der Waals surface area contributed by atoms with Gasteiger partial charge in [0.1, 0.15) is 17.6 Å². The fourth-order valence-corrected chi connectivity index (χ4v) is 2.97. The van der Waals surface area contributed by atoms with Gasteiger partial charge in [-0.15, -0.1) is 10.2 Å². The number of nitrogens with zero attached hydrogens (tertiary/aromatic N) is 3. The van der Waals surface area contributed by atoms with E-state index in [0.29, 0.717) is 28.3 Å². The minimum absolute atomic E-state index is 0.287. The molecule has 1 heterocycles. The largest absolute Gasteiger partial charge is 0.486 e. The molecule has 1 aromatic carbocycles. The lowest BCUT2D eigenvalue weighted by Crippen LogP contribution is -2.16. The third kappa shape index (κ3) is 4.62. The number of esters is 1. The summed E-state index contributed by atoms with van der Waals surface area (Å²) in [5, 5.41) is 9.26. The highest BCUT2D eigenvalue weighted by molar-refractivity contribution is 8.00. The lowest BCUT2D eigenvalue weighted by molar-refractivity contribution is -0.139. The van der Waals surface area contributed by atoms with E-state index in [0.717, 1.165) is 0 Å². The van der Waals surface area contributed by atoms with E-state index < -0.39 is 0 Å². The molecule has 0 aliphatic rings. The van der Waals surface area contributed by atoms with E-state index in [1.54, 1.807) is 31.2 Å². The lowest BCUT2D eigenvalue weighted by Gasteiger charge is -2.11. The quantitative estimate of drug-likeness (QED) is 0.561. The van der Waals surface area contributed by atoms with Crippen LogP contribution in [0.5, 0.6) is 5.75 Å². The molecule has 0 amide bonds. The molecule has 0 saturated heterocycles. The van der Waals surface area contributed by atoms with Gasteiger partial charge in [0.15, 0.2) is 11.0 Å². The second-order valence-corrected chi connectivity index (χ2v) is 6.41. The molecular weight excluding hydrogens is 338 g/mol. The van der Waals surface area contributed by atoms with Crippen molar-refractivity contribution in [1.82, 2.24) is 14.8 Å². The summed E-state index contributed by atoms with van der Waals surface area (Å²) in [6, 6.07) is 7.12. The van der Waals surface area contributed by atoms with Crippen molar-refractivity contribution in [3.05, 3.63) is 35.1 Å². The average molecular weight is 356 g/mol. The van der Waals surface area contributed by atoms with E-state index in [1.165, 1.54) is 18.9 Å². The van der Waals surface area contributed by atoms with Crippen molar-refractivity contribution in [2.45, 2.75) is 37.4 Å². The fraction of sp³-hybridized carbons (Fsp3) is 0.400. The molecule has 8 heteroatoms. The highest BCUT2D eigenvalue weighted by Gasteiger charge is 2.20. The molecule has 0 N–H and O–H groups in total. The SMILES string of the molecule is CCn1c(COc2ccc(Cl)cc2)nnc1SC(C)C(=O)OC. The number of carbonyl (C=O) groups excluding carboxylic acids is 1. The first-order valence-corrected chi connectivity index (χ1v) is 8.35. The summed E-state index contributed by atoms with van der Waals surface area (Å²) in [7, 11) is 1.37. The van der Waals surface area contributed by atoms with Crippen LogP contribution in [0.25, 0.3) is 0 Å². The zero-order valence-electron chi connectivity index (χ0n) is 13.2. The maximum Gasteiger partial charge on any atom is 0.318 e. The monoisotopic (exact) mass is 355 g/mol. The molecule has 0 radical (unpaired) electrons. The number of hydrogen-bond donors (Lipinski definition) is 0. The number of ether oxygens (including phenoxy) is 2. The van der Waals surface area contributed by atoms with Crippen LogP contribution in [0.15, 0.2) is 29.4 Å². The number of carbonyl (C=O) groups is 1. The summed E-state index contributed by atoms with van der Waals surface area (Å²) in [5.41, 5.74) is 0. The summed E-state index contributed by atoms with van der Waals surface area (Å²) < 4.78 is 12.3. The summed E-state index contributed by atoms with van der Waals surface area (Å²) >= 11 is 7.16. The van der Waals surface area contributed by atoms with E-state index in [4.69, 9.17) is 21.1 Å². The van der Waals surface area contributed by atoms with E-state index in [-0.39, 0.29) is 17.8 Å². The second-order valence-electron chi connectivity index (χ2n) is 4.67. The molecule has 0 saturated carbocycles. The first-order chi connectivity index (χ1) is 11.0. The molecule has 1 atom stereocenters. The van der Waals surface area contributed by atoms with Crippen molar-refractivity contribution in [3.8, 4) is 5.75 Å². The molecule has 0 bridgehead atoms. The topological polar surface area (TPSA) is 66.2 Å². The minimum atomic E-state index is -0.348. The summed E-state index contributed by atoms with van der Waals surface area (Å²) in [6.45, 7) is 4.73. The van der Waals surface area contributed by atoms with Gasteiger partial charge >= 0.3 is 5.97 Å². The molecule has 0 aliphatic carbocycles. The Morgan fingerprint density at radius 1 is 1.35 bits per heavy atom. The molecule has 23 heavy (non-hydrogen) atoms. The van der Waals surface area contributed by atoms with Gasteiger partial charge in [0.25, 0.3) is 0 Å². The van der Waals surface area contributed by atoms with Crippen LogP contribution in [0.2, 0.25) is 5.02 Å². The van der Waals surface area contributed by atoms with Gasteiger partial charge in [-0.05, 0) is 38.1 Å². The van der Waals surface area contributed by atoms with Crippen LogP contribution in [-0.2, 0) is 22.7 Å². The van der Waals surface area contributed by atoms with Crippen molar-refractivity contribution in [2.24, 2.45) is 0 Å². The van der Waals surface area contributed by atoms with Gasteiger partial charge in [-0.3, -0.25) is 4.79 Å². The standard InChI is InChI=1S/C15H18ClN3O3S/c1-4-19-13(9-22-12-7-5-11(16)6-8-12)17-18-15(19)23-10(2)14(20)21-3/h5-8,10H,4,9H2,1-3H3. The average Bonchev–Trinajstić information content (AvgIpc) is 2.95. The Labute approximate surface area is 144 Å². The molecule has 0 fully saturated rings. The summed E-state index contributed by atoms with van der Waals surface area (Å²) in [5.74, 6) is 1.11. The van der Waals surface area contributed by atoms with Gasteiger partial charge in [0.05, 0.1) is 7.11 Å². The predicted octanol–water partition coefficient (Wildman–Crippen LogP) is 3.18. The number of rotatable bonds is 7. The van der Waals surface area contributed by atoms with E-state index in [9.17, 15) is 4.79 Å². The highest BCUT2D eigenvalue weighted by Crippen LogP contribution is 2.24. The van der Waals surface area contributed by atoms with Gasteiger partial charge in [-0.25, -0.2) is 0 Å². The predicted molar refractivity (Wildman–Crippen MR) is 88.8 cm³/mol. The molecule has 124 valence electrons. The van der Waals surface area contributed by atoms with Crippen LogP contribution >= 0.6 is 23.4 Å². The van der Waals surface area contributed by atoms with Crippen molar-refractivity contribution >= 4 is 29.3 Å². The Morgan fingerprint density at radius 2 is 2.04 bits per heavy atom. The zero-order chi connectivity index (χ0) is 16.8. The number of hydrogen-bond acceptors (Lipinski definition) is 6. The first-order valence-electron chi connectivity index (χ1n) is 7.10. The zero-order valence-corrected chi connectivity index (χ0v) is 14.7. The molecule has 2 aromatic rings. The Hall–Kier alpha value is -1.73. The number of benzene rings is 1. The number of halogens is 1. The van der Waals surface area contributed by atoms with Gasteiger partial charge < -0.3 is 14.0 Å². The molecule has 6 nitrogen and oxygen atoms in total. The molecule has 1 aromatic heterocycles. The summed E-state index contributed by atoms with van der Waals surface area (Å²) in [4.78, 5) is 11.5. The van der Waals surface area contributed by atoms with Crippen LogP contribution in [-0.4, -0.2) is 33.1 Å². The van der Waals surface area contributed by atoms with Crippen LogP contribution in [0, 0.1) is 0 Å². The van der Waals surface area contributed by atoms with Gasteiger partial charge in [0, 0.05) is 11.6 Å². The normalized spacial score (nSPS) is 12.0. The Kier molecular flexibility index (Phi) is 6.29. The third-order valence-corrected chi connectivity index (χ3v) is 4.42. The maximum absolute atomic E-state index is 11.5. The maximum atomic E-state index is 11.5. The molecule has 0 spiro atoms. The Balaban J connectivity index is 2.05. The van der Waals surface area contributed by atoms with Crippen molar-refractivity contribution < 1.29 is 14.3 Å². The highest BCUT2D eigenvalue weighted by atomic mass is 35.5. The summed E-state index contributed by atoms with van der Waals surface area (Å²) in [6.07, 6.45) is 0. The van der Waals surface area contributed by atoms with E-state index >= 15 is 0 Å². The van der Waals surface area contributed by atoms with Crippen LogP contribution in [0.1, 0.15) is 19.7 Å². The third-order valence-electron chi connectivity index (χ3n) is 3.11. The smallest absolute Gasteiger partial charge is 0.318 e. The Morgan fingerprint density at radius 3 is 2.65 bits per heavy atom. The van der Waals surface area contributed by atoms with Gasteiger partial charge in [0.2, 0.25) is 0 Å². The molecular formula is C15H18ClN3O3S. The van der Waals surface area contributed by atoms with Crippen molar-refractivity contribution in [1.29, 1.82) is 0 Å². The van der Waals surface area contributed by atoms with Crippen LogP contribution in [0.4, 0.5) is 0 Å². The van der Waals surface area contributed by atoms with Crippen molar-refractivity contribution in [3.63, 3.8) is 0 Å². The molecule has 2 rings (SSSR count). The lowest BCUT2D eigenvalue weighted by atomic mass is 10.3. The van der Waals surface area contributed by atoms with Gasteiger partial charge in [-0.2, -0.15) is 0 Å². The molecule has 0 aliphatic heterocycles. The number of methoxy groups -OCH3 is 1. The number of thioether (sulfide) groups is 1. The van der Waals surface area contributed by atoms with Crippen LogP contribution < -0.4 is 4.74 Å². The van der Waals surface area contributed by atoms with E-state index in [2.05, 4.69) is 10.2 Å². The second kappa shape index (κ2) is 8.21. The Bertz CT molecular complexity index is 660. The van der Waals surface area contributed by atoms with Crippen LogP contribution in [0.3, 0.4) is 0 Å². The minimum Gasteiger partial charge on any atom is -0.486 e. The van der Waals surface area contributed by atoms with E-state index in [1.807, 2.05) is 11.5 Å². The molecule has 1 unspecified atom stereocenters. The number of aromatic nitrogens is 3.